The zero-order valence-electron chi connectivity index (χ0n) is 11.3. The van der Waals surface area contributed by atoms with Crippen LogP contribution in [0.5, 0.6) is 0 Å². The lowest BCUT2D eigenvalue weighted by Gasteiger charge is -1.98. The van der Waals surface area contributed by atoms with Crippen LogP contribution < -0.4 is 5.43 Å². The Bertz CT molecular complexity index is 792. The topological polar surface area (TPSA) is 54.6 Å². The zero-order chi connectivity index (χ0) is 15.4. The highest BCUT2D eigenvalue weighted by Gasteiger charge is 2.11. The Morgan fingerprint density at radius 1 is 1.18 bits per heavy atom. The van der Waals surface area contributed by atoms with E-state index in [0.29, 0.717) is 10.8 Å². The van der Waals surface area contributed by atoms with Crippen molar-refractivity contribution >= 4 is 35.1 Å². The highest BCUT2D eigenvalue weighted by atomic mass is 35.5. The normalized spacial score (nSPS) is 11.0. The number of hydrazone groups is 1. The monoisotopic (exact) mass is 330 g/mol. The number of carbonyl (C=O) groups excluding carboxylic acids is 1. The predicted octanol–water partition coefficient (Wildman–Crippen LogP) is 4.43. The molecule has 3 rings (SSSR count). The van der Waals surface area contributed by atoms with Crippen molar-refractivity contribution in [1.29, 1.82) is 0 Å². The smallest absolute Gasteiger partial charge is 0.307 e. The maximum atomic E-state index is 11.9. The second-order valence-corrected chi connectivity index (χ2v) is 5.80. The van der Waals surface area contributed by atoms with Gasteiger partial charge < -0.3 is 4.42 Å². The van der Waals surface area contributed by atoms with E-state index in [9.17, 15) is 4.79 Å². The van der Waals surface area contributed by atoms with Crippen molar-refractivity contribution in [1.82, 2.24) is 5.43 Å². The fourth-order valence-corrected chi connectivity index (χ4v) is 2.51. The van der Waals surface area contributed by atoms with Gasteiger partial charge >= 0.3 is 5.91 Å². The first kappa shape index (κ1) is 14.6. The summed E-state index contributed by atoms with van der Waals surface area (Å²) in [5.74, 6) is 0.408. The number of thiophene rings is 1. The molecule has 0 saturated carbocycles. The average Bonchev–Trinajstić information content (AvgIpc) is 3.19. The number of nitrogens with one attached hydrogen (secondary N) is 1. The zero-order valence-corrected chi connectivity index (χ0v) is 12.9. The van der Waals surface area contributed by atoms with E-state index in [1.165, 1.54) is 11.3 Å². The van der Waals surface area contributed by atoms with Gasteiger partial charge in [-0.3, -0.25) is 4.79 Å². The molecular formula is C16H11ClN2O2S. The van der Waals surface area contributed by atoms with Crippen LogP contribution in [0.1, 0.15) is 15.4 Å². The molecule has 2 heterocycles. The second-order valence-electron chi connectivity index (χ2n) is 4.39. The van der Waals surface area contributed by atoms with Crippen LogP contribution >= 0.6 is 22.9 Å². The quantitative estimate of drug-likeness (QED) is 0.568. The average molecular weight is 331 g/mol. The van der Waals surface area contributed by atoms with E-state index in [-0.39, 0.29) is 5.76 Å². The van der Waals surface area contributed by atoms with Crippen molar-refractivity contribution in [2.75, 3.05) is 0 Å². The molecule has 110 valence electrons. The summed E-state index contributed by atoms with van der Waals surface area (Å²) in [4.78, 5) is 12.9. The standard InChI is InChI=1S/C16H11ClN2O2S/c17-12-5-3-11(4-6-12)14-7-8-15(21-14)16(20)19-18-10-13-2-1-9-22-13/h1-10H,(H,19,20). The van der Waals surface area contributed by atoms with Gasteiger partial charge in [-0.05, 0) is 47.8 Å². The van der Waals surface area contributed by atoms with Crippen LogP contribution in [0.15, 0.2) is 63.4 Å². The Balaban J connectivity index is 1.68. The molecular weight excluding hydrogens is 320 g/mol. The van der Waals surface area contributed by atoms with E-state index in [1.807, 2.05) is 29.6 Å². The molecule has 0 aliphatic heterocycles. The van der Waals surface area contributed by atoms with Crippen LogP contribution in [0, 0.1) is 0 Å². The Morgan fingerprint density at radius 2 is 2.00 bits per heavy atom. The van der Waals surface area contributed by atoms with Crippen molar-refractivity contribution in [3.05, 3.63) is 69.6 Å². The third-order valence-electron chi connectivity index (χ3n) is 2.86. The fourth-order valence-electron chi connectivity index (χ4n) is 1.80. The van der Waals surface area contributed by atoms with Gasteiger partial charge in [-0.1, -0.05) is 17.7 Å². The molecule has 3 aromatic rings. The van der Waals surface area contributed by atoms with Crippen LogP contribution in [-0.2, 0) is 0 Å². The van der Waals surface area contributed by atoms with Crippen LogP contribution in [0.4, 0.5) is 0 Å². The largest absolute Gasteiger partial charge is 0.451 e. The molecule has 6 heteroatoms. The molecule has 0 atom stereocenters. The lowest BCUT2D eigenvalue weighted by atomic mass is 10.2. The Labute approximate surface area is 136 Å². The number of nitrogens with zero attached hydrogens (tertiary/aromatic N) is 1. The third kappa shape index (κ3) is 3.44. The molecule has 0 radical (unpaired) electrons. The molecule has 0 bridgehead atoms. The van der Waals surface area contributed by atoms with Crippen molar-refractivity contribution in [3.8, 4) is 11.3 Å². The molecule has 0 saturated heterocycles. The summed E-state index contributed by atoms with van der Waals surface area (Å²) in [5, 5.41) is 6.48. The Hall–Kier alpha value is -2.37. The van der Waals surface area contributed by atoms with Crippen LogP contribution in [-0.4, -0.2) is 12.1 Å². The van der Waals surface area contributed by atoms with Gasteiger partial charge in [0.1, 0.15) is 5.76 Å². The first-order valence-corrected chi connectivity index (χ1v) is 7.71. The summed E-state index contributed by atoms with van der Waals surface area (Å²) in [6.07, 6.45) is 1.59. The number of hydrogen-bond donors (Lipinski definition) is 1. The highest BCUT2D eigenvalue weighted by molar-refractivity contribution is 7.11. The third-order valence-corrected chi connectivity index (χ3v) is 3.92. The van der Waals surface area contributed by atoms with Gasteiger partial charge in [0.05, 0.1) is 6.21 Å². The van der Waals surface area contributed by atoms with Gasteiger partial charge in [0, 0.05) is 15.5 Å². The molecule has 1 N–H and O–H groups in total. The lowest BCUT2D eigenvalue weighted by Crippen LogP contribution is -2.16. The lowest BCUT2D eigenvalue weighted by molar-refractivity contribution is 0.0928. The summed E-state index contributed by atoms with van der Waals surface area (Å²) < 4.78 is 5.53. The molecule has 0 unspecified atom stereocenters. The van der Waals surface area contributed by atoms with Crippen molar-refractivity contribution in [2.24, 2.45) is 5.10 Å². The summed E-state index contributed by atoms with van der Waals surface area (Å²) in [7, 11) is 0. The van der Waals surface area contributed by atoms with Crippen molar-refractivity contribution < 1.29 is 9.21 Å². The summed E-state index contributed by atoms with van der Waals surface area (Å²) in [6.45, 7) is 0. The maximum absolute atomic E-state index is 11.9. The van der Waals surface area contributed by atoms with Crippen molar-refractivity contribution in [3.63, 3.8) is 0 Å². The van der Waals surface area contributed by atoms with E-state index < -0.39 is 5.91 Å². The predicted molar refractivity (Wildman–Crippen MR) is 88.5 cm³/mol. The number of rotatable bonds is 4. The molecule has 4 nitrogen and oxygen atoms in total. The van der Waals surface area contributed by atoms with E-state index in [0.717, 1.165) is 10.4 Å². The second kappa shape index (κ2) is 6.60. The van der Waals surface area contributed by atoms with E-state index >= 15 is 0 Å². The van der Waals surface area contributed by atoms with Gasteiger partial charge in [0.2, 0.25) is 0 Å². The van der Waals surface area contributed by atoms with Gasteiger partial charge in [-0.25, -0.2) is 5.43 Å². The van der Waals surface area contributed by atoms with Crippen molar-refractivity contribution in [2.45, 2.75) is 0 Å². The highest BCUT2D eigenvalue weighted by Crippen LogP contribution is 2.23. The Kier molecular flexibility index (Phi) is 4.37. The number of furan rings is 1. The molecule has 0 fully saturated rings. The fraction of sp³-hybridized carbons (Fsp3) is 0. The van der Waals surface area contributed by atoms with Crippen LogP contribution in [0.2, 0.25) is 5.02 Å². The molecule has 0 aliphatic rings. The van der Waals surface area contributed by atoms with Gasteiger partial charge in [-0.2, -0.15) is 5.10 Å². The SMILES string of the molecule is O=C(NN=Cc1cccs1)c1ccc(-c2ccc(Cl)cc2)o1. The van der Waals surface area contributed by atoms with E-state index in [4.69, 9.17) is 16.0 Å². The minimum atomic E-state index is -0.395. The first-order valence-electron chi connectivity index (χ1n) is 6.45. The number of amides is 1. The van der Waals surface area contributed by atoms with Gasteiger partial charge in [-0.15, -0.1) is 11.3 Å². The minimum Gasteiger partial charge on any atom is -0.451 e. The van der Waals surface area contributed by atoms with Crippen LogP contribution in [0.3, 0.4) is 0 Å². The summed E-state index contributed by atoms with van der Waals surface area (Å²) >= 11 is 7.38. The molecule has 22 heavy (non-hydrogen) atoms. The van der Waals surface area contributed by atoms with Gasteiger partial charge in [0.25, 0.3) is 0 Å². The van der Waals surface area contributed by atoms with Gasteiger partial charge in [0.15, 0.2) is 5.76 Å². The number of halogens is 1. The van der Waals surface area contributed by atoms with Crippen LogP contribution in [0.25, 0.3) is 11.3 Å². The summed E-state index contributed by atoms with van der Waals surface area (Å²) in [6, 6.07) is 14.4. The molecule has 0 aliphatic carbocycles. The molecule has 2 aromatic heterocycles. The van der Waals surface area contributed by atoms with E-state index in [1.54, 1.807) is 30.5 Å². The number of carbonyl (C=O) groups is 1. The summed E-state index contributed by atoms with van der Waals surface area (Å²) in [5.41, 5.74) is 3.29. The first-order chi connectivity index (χ1) is 10.7. The number of hydrogen-bond acceptors (Lipinski definition) is 4. The minimum absolute atomic E-state index is 0.202. The van der Waals surface area contributed by atoms with E-state index in [2.05, 4.69) is 10.5 Å². The molecule has 1 aromatic carbocycles. The number of benzene rings is 1. The molecule has 1 amide bonds. The Morgan fingerprint density at radius 3 is 2.73 bits per heavy atom. The maximum Gasteiger partial charge on any atom is 0.307 e. The molecule has 0 spiro atoms.